The highest BCUT2D eigenvalue weighted by Gasteiger charge is 2.23. The Labute approximate surface area is 186 Å². The summed E-state index contributed by atoms with van der Waals surface area (Å²) < 4.78 is 10.8. The third kappa shape index (κ3) is 7.08. The van der Waals surface area contributed by atoms with Crippen LogP contribution >= 0.6 is 24.0 Å². The Balaban J connectivity index is 0.00000280. The number of nitrogens with two attached hydrogens (primary N) is 1. The lowest BCUT2D eigenvalue weighted by molar-refractivity contribution is 0.0179. The van der Waals surface area contributed by atoms with Gasteiger partial charge in [0.25, 0.3) is 0 Å². The van der Waals surface area contributed by atoms with Crippen LogP contribution in [-0.2, 0) is 4.74 Å². The average Bonchev–Trinajstić information content (AvgIpc) is 2.98. The lowest BCUT2D eigenvalue weighted by Crippen LogP contribution is -2.42. The molecule has 0 spiro atoms. The van der Waals surface area contributed by atoms with Gasteiger partial charge in [-0.1, -0.05) is 37.8 Å². The maximum absolute atomic E-state index is 6.23. The molecule has 1 unspecified atom stereocenters. The molecule has 6 nitrogen and oxygen atoms in total. The number of nitrogens with zero attached hydrogens (tertiary/aromatic N) is 2. The first-order valence-electron chi connectivity index (χ1n) is 10.3. The highest BCUT2D eigenvalue weighted by atomic mass is 127. The molecular weight excluding hydrogens is 467 g/mol. The molecule has 7 heteroatoms. The van der Waals surface area contributed by atoms with Crippen LogP contribution in [0.25, 0.3) is 0 Å². The highest BCUT2D eigenvalue weighted by molar-refractivity contribution is 14.0. The number of ether oxygens (including phenoxy) is 2. The molecule has 0 amide bonds. The third-order valence-electron chi connectivity index (χ3n) is 5.63. The Morgan fingerprint density at radius 1 is 1.18 bits per heavy atom. The van der Waals surface area contributed by atoms with E-state index in [1.807, 2.05) is 12.1 Å². The molecular formula is C21H35IN4O2. The van der Waals surface area contributed by atoms with E-state index in [4.69, 9.17) is 20.2 Å². The van der Waals surface area contributed by atoms with Gasteiger partial charge in [-0.05, 0) is 30.5 Å². The van der Waals surface area contributed by atoms with E-state index in [1.54, 1.807) is 7.11 Å². The maximum atomic E-state index is 6.23. The van der Waals surface area contributed by atoms with Gasteiger partial charge >= 0.3 is 0 Å². The molecule has 3 rings (SSSR count). The van der Waals surface area contributed by atoms with Crippen molar-refractivity contribution in [1.29, 1.82) is 0 Å². The second-order valence-corrected chi connectivity index (χ2v) is 7.50. The minimum Gasteiger partial charge on any atom is -0.497 e. The first kappa shape index (κ1) is 23.2. The molecule has 1 aliphatic carbocycles. The fraction of sp³-hybridized carbons (Fsp3) is 0.667. The predicted molar refractivity (Wildman–Crippen MR) is 125 cm³/mol. The van der Waals surface area contributed by atoms with Gasteiger partial charge in [-0.3, -0.25) is 9.89 Å². The Hall–Kier alpha value is -1.06. The van der Waals surface area contributed by atoms with Crippen molar-refractivity contribution in [3.05, 3.63) is 29.8 Å². The van der Waals surface area contributed by atoms with Crippen molar-refractivity contribution in [1.82, 2.24) is 10.2 Å². The minimum absolute atomic E-state index is 0. The maximum Gasteiger partial charge on any atom is 0.188 e. The van der Waals surface area contributed by atoms with Gasteiger partial charge < -0.3 is 20.5 Å². The Morgan fingerprint density at radius 3 is 2.43 bits per heavy atom. The fourth-order valence-electron chi connectivity index (χ4n) is 4.01. The largest absolute Gasteiger partial charge is 0.497 e. The monoisotopic (exact) mass is 502 g/mol. The number of methoxy groups -OCH3 is 1. The van der Waals surface area contributed by atoms with Crippen molar-refractivity contribution in [2.75, 3.05) is 40.0 Å². The topological polar surface area (TPSA) is 72.1 Å². The SMILES string of the molecule is COc1ccc(C(CN=C(N)NC2CCCCCC2)N2CCOCC2)cc1.I. The second kappa shape index (κ2) is 12.5. The van der Waals surface area contributed by atoms with Crippen LogP contribution in [0.5, 0.6) is 5.75 Å². The quantitative estimate of drug-likeness (QED) is 0.270. The van der Waals surface area contributed by atoms with Gasteiger partial charge in [-0.15, -0.1) is 24.0 Å². The van der Waals surface area contributed by atoms with E-state index in [2.05, 4.69) is 22.3 Å². The van der Waals surface area contributed by atoms with Gasteiger partial charge in [-0.2, -0.15) is 0 Å². The van der Waals surface area contributed by atoms with Crippen LogP contribution in [0.4, 0.5) is 0 Å². The van der Waals surface area contributed by atoms with E-state index >= 15 is 0 Å². The van der Waals surface area contributed by atoms with Crippen LogP contribution in [0.1, 0.15) is 50.1 Å². The molecule has 0 bridgehead atoms. The molecule has 0 aromatic heterocycles. The lowest BCUT2D eigenvalue weighted by Gasteiger charge is -2.34. The number of guanidine groups is 1. The van der Waals surface area contributed by atoms with Gasteiger partial charge in [0.1, 0.15) is 5.75 Å². The summed E-state index contributed by atoms with van der Waals surface area (Å²) in [6.45, 7) is 4.03. The number of morpholine rings is 1. The van der Waals surface area contributed by atoms with E-state index in [0.717, 1.165) is 32.1 Å². The van der Waals surface area contributed by atoms with Crippen molar-refractivity contribution in [2.45, 2.75) is 50.6 Å². The van der Waals surface area contributed by atoms with Crippen LogP contribution in [0.3, 0.4) is 0 Å². The number of nitrogens with one attached hydrogen (secondary N) is 1. The van der Waals surface area contributed by atoms with Crippen molar-refractivity contribution in [3.63, 3.8) is 0 Å². The molecule has 1 saturated carbocycles. The van der Waals surface area contributed by atoms with E-state index in [1.165, 1.54) is 44.1 Å². The van der Waals surface area contributed by atoms with Gasteiger partial charge in [0, 0.05) is 19.1 Å². The first-order valence-corrected chi connectivity index (χ1v) is 10.3. The number of hydrogen-bond acceptors (Lipinski definition) is 4. The minimum atomic E-state index is 0. The van der Waals surface area contributed by atoms with E-state index < -0.39 is 0 Å². The summed E-state index contributed by atoms with van der Waals surface area (Å²) >= 11 is 0. The molecule has 2 aliphatic rings. The fourth-order valence-corrected chi connectivity index (χ4v) is 4.01. The Morgan fingerprint density at radius 2 is 1.82 bits per heavy atom. The third-order valence-corrected chi connectivity index (χ3v) is 5.63. The molecule has 2 fully saturated rings. The standard InChI is InChI=1S/C21H34N4O2.HI/c1-26-19-10-8-17(9-11-19)20(25-12-14-27-15-13-25)16-23-21(22)24-18-6-4-2-3-5-7-18;/h8-11,18,20H,2-7,12-16H2,1H3,(H3,22,23,24);1H. The molecule has 158 valence electrons. The van der Waals surface area contributed by atoms with Crippen LogP contribution in [0, 0.1) is 0 Å². The number of aliphatic imine (C=N–C) groups is 1. The molecule has 1 saturated heterocycles. The van der Waals surface area contributed by atoms with E-state index in [0.29, 0.717) is 18.5 Å². The van der Waals surface area contributed by atoms with Crippen molar-refractivity contribution in [2.24, 2.45) is 10.7 Å². The van der Waals surface area contributed by atoms with Crippen LogP contribution < -0.4 is 15.8 Å². The number of benzene rings is 1. The number of halogens is 1. The molecule has 0 radical (unpaired) electrons. The zero-order valence-electron chi connectivity index (χ0n) is 16.9. The molecule has 28 heavy (non-hydrogen) atoms. The molecule has 1 atom stereocenters. The number of hydrogen-bond donors (Lipinski definition) is 2. The molecule has 1 aromatic carbocycles. The zero-order chi connectivity index (χ0) is 18.9. The van der Waals surface area contributed by atoms with Crippen molar-refractivity contribution in [3.8, 4) is 5.75 Å². The summed E-state index contributed by atoms with van der Waals surface area (Å²) in [6.07, 6.45) is 7.64. The van der Waals surface area contributed by atoms with Gasteiger partial charge in [-0.25, -0.2) is 0 Å². The predicted octanol–water partition coefficient (Wildman–Crippen LogP) is 3.31. The second-order valence-electron chi connectivity index (χ2n) is 7.50. The summed E-state index contributed by atoms with van der Waals surface area (Å²) in [5, 5.41) is 3.45. The van der Waals surface area contributed by atoms with Crippen molar-refractivity contribution < 1.29 is 9.47 Å². The van der Waals surface area contributed by atoms with Crippen molar-refractivity contribution >= 4 is 29.9 Å². The zero-order valence-corrected chi connectivity index (χ0v) is 19.3. The van der Waals surface area contributed by atoms with Crippen LogP contribution in [0.15, 0.2) is 29.3 Å². The smallest absolute Gasteiger partial charge is 0.188 e. The Kier molecular flexibility index (Phi) is 10.4. The van der Waals surface area contributed by atoms with Crippen LogP contribution in [-0.4, -0.2) is 56.9 Å². The summed E-state index contributed by atoms with van der Waals surface area (Å²) in [7, 11) is 1.69. The molecule has 3 N–H and O–H groups in total. The molecule has 1 aromatic rings. The first-order chi connectivity index (χ1) is 13.3. The summed E-state index contributed by atoms with van der Waals surface area (Å²) in [5.41, 5.74) is 7.47. The van der Waals surface area contributed by atoms with Gasteiger partial charge in [0.2, 0.25) is 0 Å². The van der Waals surface area contributed by atoms with Gasteiger partial charge in [0.15, 0.2) is 5.96 Å². The summed E-state index contributed by atoms with van der Waals surface area (Å²) in [6, 6.07) is 8.96. The summed E-state index contributed by atoms with van der Waals surface area (Å²) in [4.78, 5) is 7.15. The molecule has 1 heterocycles. The normalized spacial score (nSPS) is 20.7. The lowest BCUT2D eigenvalue weighted by atomic mass is 10.0. The Bertz CT molecular complexity index is 583. The van der Waals surface area contributed by atoms with Gasteiger partial charge in [0.05, 0.1) is 32.9 Å². The van der Waals surface area contributed by atoms with E-state index in [-0.39, 0.29) is 30.0 Å². The average molecular weight is 502 g/mol. The summed E-state index contributed by atoms with van der Waals surface area (Å²) in [5.74, 6) is 1.45. The van der Waals surface area contributed by atoms with Crippen LogP contribution in [0.2, 0.25) is 0 Å². The molecule has 1 aliphatic heterocycles. The number of rotatable bonds is 6. The highest BCUT2D eigenvalue weighted by Crippen LogP contribution is 2.24. The van der Waals surface area contributed by atoms with E-state index in [9.17, 15) is 0 Å².